The van der Waals surface area contributed by atoms with Crippen LogP contribution in [0.4, 0.5) is 13.2 Å². The third kappa shape index (κ3) is 4.32. The second-order valence-electron chi connectivity index (χ2n) is 9.29. The average Bonchev–Trinajstić information content (AvgIpc) is 3.59. The number of aromatic nitrogens is 6. The van der Waals surface area contributed by atoms with Crippen molar-refractivity contribution < 1.29 is 17.9 Å². The van der Waals surface area contributed by atoms with Gasteiger partial charge in [0.15, 0.2) is 5.65 Å². The predicted octanol–water partition coefficient (Wildman–Crippen LogP) is 6.29. The Hall–Kier alpha value is -3.11. The standard InChI is InChI=1S/C25H22ClF3N6O/c1-12-20(23(28)29)32-22-21(17-5-2-15(26)9-18(17)27)33-24(34-25(22)31-12)13-6-7-36-19(8-13)14-10-30-35(11-14)16-3-4-16/h2,5,9-11,13,16,19,23H,3-4,6-8H2,1H3/t13-,19+/m0/s1. The van der Waals surface area contributed by atoms with Crippen molar-refractivity contribution in [3.8, 4) is 11.3 Å². The largest absolute Gasteiger partial charge is 0.373 e. The number of halogens is 4. The van der Waals surface area contributed by atoms with Crippen LogP contribution in [0.5, 0.6) is 0 Å². The summed E-state index contributed by atoms with van der Waals surface area (Å²) in [5.74, 6) is -0.289. The molecule has 6 rings (SSSR count). The molecule has 1 saturated carbocycles. The first-order chi connectivity index (χ1) is 17.4. The Morgan fingerprint density at radius 2 is 1.94 bits per heavy atom. The molecule has 0 unspecified atom stereocenters. The summed E-state index contributed by atoms with van der Waals surface area (Å²) in [7, 11) is 0. The van der Waals surface area contributed by atoms with Crippen molar-refractivity contribution in [1.82, 2.24) is 29.7 Å². The smallest absolute Gasteiger partial charge is 0.282 e. The van der Waals surface area contributed by atoms with Crippen LogP contribution in [0.1, 0.15) is 72.9 Å². The molecular formula is C25H22ClF3N6O. The number of ether oxygens (including phenoxy) is 1. The van der Waals surface area contributed by atoms with Gasteiger partial charge >= 0.3 is 0 Å². The van der Waals surface area contributed by atoms with Crippen molar-refractivity contribution in [2.75, 3.05) is 6.61 Å². The van der Waals surface area contributed by atoms with E-state index in [1.807, 2.05) is 17.1 Å². The lowest BCUT2D eigenvalue weighted by Crippen LogP contribution is -2.20. The van der Waals surface area contributed by atoms with Crippen LogP contribution in [-0.2, 0) is 4.74 Å². The zero-order chi connectivity index (χ0) is 25.0. The SMILES string of the molecule is Cc1nc2nc([C@H]3CCO[C@@H](c4cnn(C5CC5)c4)C3)nc(-c3ccc(Cl)cc3F)c2nc1C(F)F. The lowest BCUT2D eigenvalue weighted by atomic mass is 9.92. The van der Waals surface area contributed by atoms with Gasteiger partial charge in [-0.05, 0) is 50.8 Å². The molecule has 7 nitrogen and oxygen atoms in total. The maximum atomic E-state index is 15.0. The normalized spacial score (nSPS) is 20.4. The number of hydrogen-bond donors (Lipinski definition) is 0. The molecule has 3 aromatic heterocycles. The van der Waals surface area contributed by atoms with Crippen LogP contribution in [0.15, 0.2) is 30.6 Å². The van der Waals surface area contributed by atoms with E-state index in [9.17, 15) is 13.2 Å². The van der Waals surface area contributed by atoms with Crippen LogP contribution in [0.3, 0.4) is 0 Å². The number of benzene rings is 1. The van der Waals surface area contributed by atoms with Gasteiger partial charge in [-0.25, -0.2) is 33.1 Å². The third-order valence-electron chi connectivity index (χ3n) is 6.72. The molecule has 2 atom stereocenters. The topological polar surface area (TPSA) is 78.6 Å². The molecule has 2 aliphatic rings. The first-order valence-corrected chi connectivity index (χ1v) is 12.2. The summed E-state index contributed by atoms with van der Waals surface area (Å²) in [6.07, 6.45) is 4.38. The van der Waals surface area contributed by atoms with Gasteiger partial charge in [-0.15, -0.1) is 0 Å². The molecule has 1 aliphatic heterocycles. The Morgan fingerprint density at radius 1 is 1.11 bits per heavy atom. The van der Waals surface area contributed by atoms with E-state index in [4.69, 9.17) is 16.3 Å². The molecule has 4 aromatic rings. The van der Waals surface area contributed by atoms with E-state index in [2.05, 4.69) is 25.0 Å². The molecule has 1 aliphatic carbocycles. The molecule has 0 radical (unpaired) electrons. The molecule has 186 valence electrons. The molecule has 2 fully saturated rings. The molecule has 11 heteroatoms. The molecule has 0 N–H and O–H groups in total. The Balaban J connectivity index is 1.43. The van der Waals surface area contributed by atoms with Gasteiger partial charge in [0.1, 0.15) is 28.5 Å². The highest BCUT2D eigenvalue weighted by Gasteiger charge is 2.31. The van der Waals surface area contributed by atoms with Crippen LogP contribution in [-0.4, -0.2) is 36.3 Å². The van der Waals surface area contributed by atoms with Crippen molar-refractivity contribution in [2.45, 2.75) is 57.1 Å². The summed E-state index contributed by atoms with van der Waals surface area (Å²) in [6.45, 7) is 1.95. The minimum atomic E-state index is -2.84. The Labute approximate surface area is 209 Å². The summed E-state index contributed by atoms with van der Waals surface area (Å²) in [6, 6.07) is 4.61. The molecule has 36 heavy (non-hydrogen) atoms. The van der Waals surface area contributed by atoms with Gasteiger partial charge in [0.2, 0.25) is 0 Å². The number of aryl methyl sites for hydroxylation is 1. The summed E-state index contributed by atoms with van der Waals surface area (Å²) < 4.78 is 50.2. The summed E-state index contributed by atoms with van der Waals surface area (Å²) in [5, 5.41) is 4.68. The predicted molar refractivity (Wildman–Crippen MR) is 126 cm³/mol. The quantitative estimate of drug-likeness (QED) is 0.311. The lowest BCUT2D eigenvalue weighted by Gasteiger charge is -2.28. The van der Waals surface area contributed by atoms with E-state index >= 15 is 0 Å². The first-order valence-electron chi connectivity index (χ1n) is 11.8. The maximum Gasteiger partial charge on any atom is 0.282 e. The highest BCUT2D eigenvalue weighted by molar-refractivity contribution is 6.30. The zero-order valence-corrected chi connectivity index (χ0v) is 20.1. The second kappa shape index (κ2) is 9.08. The van der Waals surface area contributed by atoms with Crippen LogP contribution in [0.2, 0.25) is 5.02 Å². The van der Waals surface area contributed by atoms with Crippen molar-refractivity contribution in [3.63, 3.8) is 0 Å². The van der Waals surface area contributed by atoms with Gasteiger partial charge in [0, 0.05) is 34.9 Å². The fraction of sp³-hybridized carbons (Fsp3) is 0.400. The van der Waals surface area contributed by atoms with Crippen LogP contribution in [0, 0.1) is 12.7 Å². The highest BCUT2D eigenvalue weighted by atomic mass is 35.5. The average molecular weight is 515 g/mol. The minimum Gasteiger partial charge on any atom is -0.373 e. The van der Waals surface area contributed by atoms with E-state index in [0.29, 0.717) is 31.3 Å². The number of alkyl halides is 2. The second-order valence-corrected chi connectivity index (χ2v) is 9.72. The van der Waals surface area contributed by atoms with E-state index in [1.165, 1.54) is 19.1 Å². The van der Waals surface area contributed by atoms with Crippen LogP contribution in [0.25, 0.3) is 22.4 Å². The maximum absolute atomic E-state index is 15.0. The Bertz CT molecular complexity index is 1460. The summed E-state index contributed by atoms with van der Waals surface area (Å²) in [5.41, 5.74) is 0.971. The molecular weight excluding hydrogens is 493 g/mol. The first kappa shape index (κ1) is 23.3. The summed E-state index contributed by atoms with van der Waals surface area (Å²) in [4.78, 5) is 17.7. The number of rotatable bonds is 5. The number of hydrogen-bond acceptors (Lipinski definition) is 6. The third-order valence-corrected chi connectivity index (χ3v) is 6.95. The van der Waals surface area contributed by atoms with E-state index in [0.717, 1.165) is 24.5 Å². The van der Waals surface area contributed by atoms with Crippen molar-refractivity contribution >= 4 is 22.8 Å². The van der Waals surface area contributed by atoms with Gasteiger partial charge in [-0.2, -0.15) is 5.10 Å². The Morgan fingerprint density at radius 3 is 2.69 bits per heavy atom. The number of nitrogens with zero attached hydrogens (tertiary/aromatic N) is 6. The van der Waals surface area contributed by atoms with Crippen molar-refractivity contribution in [2.24, 2.45) is 0 Å². The Kier molecular flexibility index (Phi) is 5.88. The molecule has 0 bridgehead atoms. The van der Waals surface area contributed by atoms with Gasteiger partial charge in [0.05, 0.1) is 24.0 Å². The fourth-order valence-electron chi connectivity index (χ4n) is 4.64. The molecule has 1 aromatic carbocycles. The van der Waals surface area contributed by atoms with E-state index < -0.39 is 17.9 Å². The van der Waals surface area contributed by atoms with E-state index in [-0.39, 0.29) is 45.2 Å². The van der Waals surface area contributed by atoms with Gasteiger partial charge in [0.25, 0.3) is 6.43 Å². The molecule has 4 heterocycles. The van der Waals surface area contributed by atoms with Gasteiger partial charge in [-0.1, -0.05) is 11.6 Å². The van der Waals surface area contributed by atoms with Gasteiger partial charge in [-0.3, -0.25) is 4.68 Å². The fourth-order valence-corrected chi connectivity index (χ4v) is 4.80. The molecule has 0 spiro atoms. The summed E-state index contributed by atoms with van der Waals surface area (Å²) >= 11 is 5.94. The monoisotopic (exact) mass is 514 g/mol. The highest BCUT2D eigenvalue weighted by Crippen LogP contribution is 2.40. The molecule has 0 amide bonds. The number of fused-ring (bicyclic) bond motifs is 1. The molecule has 1 saturated heterocycles. The van der Waals surface area contributed by atoms with E-state index in [1.54, 1.807) is 0 Å². The zero-order valence-electron chi connectivity index (χ0n) is 19.3. The van der Waals surface area contributed by atoms with Gasteiger partial charge < -0.3 is 4.74 Å². The van der Waals surface area contributed by atoms with Crippen molar-refractivity contribution in [1.29, 1.82) is 0 Å². The lowest BCUT2D eigenvalue weighted by molar-refractivity contribution is 0.00396. The van der Waals surface area contributed by atoms with Crippen LogP contribution >= 0.6 is 11.6 Å². The minimum absolute atomic E-state index is 0.0233. The van der Waals surface area contributed by atoms with Crippen molar-refractivity contribution in [3.05, 3.63) is 64.2 Å². The van der Waals surface area contributed by atoms with Crippen LogP contribution < -0.4 is 0 Å².